The van der Waals surface area contributed by atoms with Gasteiger partial charge in [0.25, 0.3) is 0 Å². The lowest BCUT2D eigenvalue weighted by atomic mass is 9.86. The Morgan fingerprint density at radius 1 is 1.03 bits per heavy atom. The number of carbonyl (C=O) groups excluding carboxylic acids is 2. The highest BCUT2D eigenvalue weighted by Crippen LogP contribution is 2.27. The van der Waals surface area contributed by atoms with Gasteiger partial charge >= 0.3 is 0 Å². The van der Waals surface area contributed by atoms with Gasteiger partial charge in [-0.1, -0.05) is 74.3 Å². The molecule has 0 heterocycles. The van der Waals surface area contributed by atoms with E-state index in [0.717, 1.165) is 5.56 Å². The Morgan fingerprint density at radius 3 is 2.10 bits per heavy atom. The van der Waals surface area contributed by atoms with Gasteiger partial charge < -0.3 is 10.2 Å². The topological polar surface area (TPSA) is 49.4 Å². The van der Waals surface area contributed by atoms with Gasteiger partial charge in [0.15, 0.2) is 0 Å². The Hall–Kier alpha value is -2.04. The minimum absolute atomic E-state index is 0.0856. The van der Waals surface area contributed by atoms with Crippen LogP contribution in [0.2, 0.25) is 10.0 Å². The van der Waals surface area contributed by atoms with Gasteiger partial charge in [-0.05, 0) is 42.0 Å². The maximum absolute atomic E-state index is 13.1. The third kappa shape index (κ3) is 6.23. The van der Waals surface area contributed by atoms with Crippen molar-refractivity contribution in [1.29, 1.82) is 0 Å². The van der Waals surface area contributed by atoms with E-state index in [1.807, 2.05) is 0 Å². The van der Waals surface area contributed by atoms with Gasteiger partial charge in [-0.15, -0.1) is 0 Å². The van der Waals surface area contributed by atoms with Gasteiger partial charge in [-0.3, -0.25) is 9.59 Å². The summed E-state index contributed by atoms with van der Waals surface area (Å²) in [6.07, 6.45) is 0.884. The molecular formula is C24H30Cl2N2O2. The van der Waals surface area contributed by atoms with Crippen LogP contribution >= 0.6 is 23.2 Å². The van der Waals surface area contributed by atoms with Crippen LogP contribution in [-0.2, 0) is 28.0 Å². The van der Waals surface area contributed by atoms with Crippen molar-refractivity contribution < 1.29 is 9.59 Å². The van der Waals surface area contributed by atoms with Crippen molar-refractivity contribution in [3.05, 3.63) is 69.2 Å². The van der Waals surface area contributed by atoms with Crippen molar-refractivity contribution in [2.24, 2.45) is 0 Å². The van der Waals surface area contributed by atoms with Crippen LogP contribution in [-0.4, -0.2) is 29.8 Å². The summed E-state index contributed by atoms with van der Waals surface area (Å²) in [6, 6.07) is 12.9. The zero-order valence-corrected chi connectivity index (χ0v) is 19.8. The van der Waals surface area contributed by atoms with E-state index in [9.17, 15) is 9.59 Å². The second-order valence-corrected chi connectivity index (χ2v) is 9.27. The van der Waals surface area contributed by atoms with E-state index in [0.29, 0.717) is 22.0 Å². The number of hydrogen-bond donors (Lipinski definition) is 1. The first-order valence-electron chi connectivity index (χ1n) is 10.1. The maximum Gasteiger partial charge on any atom is 0.242 e. The Morgan fingerprint density at radius 2 is 1.60 bits per heavy atom. The second kappa shape index (κ2) is 10.3. The molecule has 2 aromatic rings. The van der Waals surface area contributed by atoms with E-state index in [-0.39, 0.29) is 30.2 Å². The summed E-state index contributed by atoms with van der Waals surface area (Å²) < 4.78 is 0. The Labute approximate surface area is 189 Å². The molecule has 0 saturated carbocycles. The van der Waals surface area contributed by atoms with E-state index >= 15 is 0 Å². The molecule has 0 aromatic heterocycles. The summed E-state index contributed by atoms with van der Waals surface area (Å²) in [5, 5.41) is 3.56. The molecular weight excluding hydrogens is 419 g/mol. The van der Waals surface area contributed by atoms with Crippen LogP contribution in [0, 0.1) is 0 Å². The molecule has 30 heavy (non-hydrogen) atoms. The molecule has 0 radical (unpaired) electrons. The quantitative estimate of drug-likeness (QED) is 0.617. The molecule has 162 valence electrons. The Balaban J connectivity index is 2.17. The summed E-state index contributed by atoms with van der Waals surface area (Å²) >= 11 is 12.6. The number of rotatable bonds is 7. The van der Waals surface area contributed by atoms with Crippen molar-refractivity contribution in [2.75, 3.05) is 7.05 Å². The van der Waals surface area contributed by atoms with Crippen LogP contribution in [0.1, 0.15) is 50.8 Å². The standard InChI is InChI=1S/C24H30Cl2N2O2/c1-16(23(30)27-5)28(15-19-20(25)7-6-8-21(19)26)22(29)14-11-17-9-12-18(13-10-17)24(2,3)4/h6-10,12-13,16H,11,14-15H2,1-5H3,(H,27,30)/t16-/m0/s1. The predicted molar refractivity (Wildman–Crippen MR) is 124 cm³/mol. The van der Waals surface area contributed by atoms with E-state index in [4.69, 9.17) is 23.2 Å². The highest BCUT2D eigenvalue weighted by Gasteiger charge is 2.26. The Kier molecular flexibility index (Phi) is 8.34. The monoisotopic (exact) mass is 448 g/mol. The van der Waals surface area contributed by atoms with E-state index in [1.165, 1.54) is 10.5 Å². The number of nitrogens with zero attached hydrogens (tertiary/aromatic N) is 1. The molecule has 0 fully saturated rings. The number of nitrogens with one attached hydrogen (secondary N) is 1. The van der Waals surface area contributed by atoms with Crippen molar-refractivity contribution in [3.8, 4) is 0 Å². The average molecular weight is 449 g/mol. The molecule has 1 atom stereocenters. The van der Waals surface area contributed by atoms with E-state index in [1.54, 1.807) is 32.2 Å². The minimum atomic E-state index is -0.641. The molecule has 1 N–H and O–H groups in total. The van der Waals surface area contributed by atoms with Crippen molar-refractivity contribution in [2.45, 2.75) is 58.5 Å². The number of aryl methyl sites for hydroxylation is 1. The normalized spacial score (nSPS) is 12.4. The lowest BCUT2D eigenvalue weighted by Crippen LogP contribution is -2.46. The first-order valence-corrected chi connectivity index (χ1v) is 10.8. The summed E-state index contributed by atoms with van der Waals surface area (Å²) in [5.41, 5.74) is 3.06. The van der Waals surface area contributed by atoms with E-state index in [2.05, 4.69) is 50.4 Å². The van der Waals surface area contributed by atoms with Gasteiger partial charge in [0.2, 0.25) is 11.8 Å². The molecule has 2 amide bonds. The summed E-state index contributed by atoms with van der Waals surface area (Å²) in [4.78, 5) is 26.9. The third-order valence-corrected chi connectivity index (χ3v) is 5.96. The highest BCUT2D eigenvalue weighted by molar-refractivity contribution is 6.36. The van der Waals surface area contributed by atoms with E-state index < -0.39 is 6.04 Å². The van der Waals surface area contributed by atoms with Gasteiger partial charge in [-0.25, -0.2) is 0 Å². The predicted octanol–water partition coefficient (Wildman–Crippen LogP) is 5.39. The molecule has 0 aliphatic carbocycles. The largest absolute Gasteiger partial charge is 0.357 e. The molecule has 0 unspecified atom stereocenters. The Bertz CT molecular complexity index is 869. The van der Waals surface area contributed by atoms with Crippen LogP contribution in [0.5, 0.6) is 0 Å². The summed E-state index contributed by atoms with van der Waals surface area (Å²) in [6.45, 7) is 8.39. The van der Waals surface area contributed by atoms with Crippen LogP contribution in [0.3, 0.4) is 0 Å². The lowest BCUT2D eigenvalue weighted by Gasteiger charge is -2.29. The highest BCUT2D eigenvalue weighted by atomic mass is 35.5. The molecule has 6 heteroatoms. The first-order chi connectivity index (χ1) is 14.0. The van der Waals surface area contributed by atoms with Crippen LogP contribution in [0.25, 0.3) is 0 Å². The lowest BCUT2D eigenvalue weighted by molar-refractivity contribution is -0.140. The van der Waals surface area contributed by atoms with Crippen molar-refractivity contribution >= 4 is 35.0 Å². The maximum atomic E-state index is 13.1. The number of likely N-dealkylation sites (N-methyl/N-ethyl adjacent to an activating group) is 1. The average Bonchev–Trinajstić information content (AvgIpc) is 2.70. The van der Waals surface area contributed by atoms with Gasteiger partial charge in [0, 0.05) is 35.6 Å². The summed E-state index contributed by atoms with van der Waals surface area (Å²) in [7, 11) is 1.56. The van der Waals surface area contributed by atoms with Gasteiger partial charge in [-0.2, -0.15) is 0 Å². The fraction of sp³-hybridized carbons (Fsp3) is 0.417. The second-order valence-electron chi connectivity index (χ2n) is 8.46. The number of hydrogen-bond acceptors (Lipinski definition) is 2. The molecule has 0 aliphatic rings. The number of benzene rings is 2. The molecule has 0 spiro atoms. The third-order valence-electron chi connectivity index (χ3n) is 5.25. The fourth-order valence-corrected chi connectivity index (χ4v) is 3.73. The molecule has 0 saturated heterocycles. The van der Waals surface area contributed by atoms with Crippen molar-refractivity contribution in [3.63, 3.8) is 0 Å². The van der Waals surface area contributed by atoms with Crippen LogP contribution < -0.4 is 5.32 Å². The number of amides is 2. The van der Waals surface area contributed by atoms with Crippen molar-refractivity contribution in [1.82, 2.24) is 10.2 Å². The smallest absolute Gasteiger partial charge is 0.242 e. The van der Waals surface area contributed by atoms with Gasteiger partial charge in [0.1, 0.15) is 6.04 Å². The molecule has 0 bridgehead atoms. The molecule has 2 rings (SSSR count). The van der Waals surface area contributed by atoms with Crippen LogP contribution in [0.4, 0.5) is 0 Å². The zero-order valence-electron chi connectivity index (χ0n) is 18.3. The zero-order chi connectivity index (χ0) is 22.5. The molecule has 4 nitrogen and oxygen atoms in total. The molecule has 0 aliphatic heterocycles. The number of carbonyl (C=O) groups is 2. The number of halogens is 2. The van der Waals surface area contributed by atoms with Crippen LogP contribution in [0.15, 0.2) is 42.5 Å². The summed E-state index contributed by atoms with van der Waals surface area (Å²) in [5.74, 6) is -0.358. The minimum Gasteiger partial charge on any atom is -0.357 e. The first kappa shape index (κ1) is 24.2. The molecule has 2 aromatic carbocycles. The SMILES string of the molecule is CNC(=O)[C@H](C)N(Cc1c(Cl)cccc1Cl)C(=O)CCc1ccc(C(C)(C)C)cc1. The van der Waals surface area contributed by atoms with Gasteiger partial charge in [0.05, 0.1) is 0 Å². The fourth-order valence-electron chi connectivity index (χ4n) is 3.21.